The normalized spacial score (nSPS) is 19.7. The van der Waals surface area contributed by atoms with E-state index >= 15 is 0 Å². The van der Waals surface area contributed by atoms with Gasteiger partial charge < -0.3 is 20.9 Å². The molecule has 2 amide bonds. The van der Waals surface area contributed by atoms with Crippen LogP contribution in [0.4, 0.5) is 11.4 Å². The Labute approximate surface area is 189 Å². The Morgan fingerprint density at radius 2 is 1.56 bits per heavy atom. The van der Waals surface area contributed by atoms with Crippen LogP contribution in [0.15, 0.2) is 42.5 Å². The molecule has 0 aliphatic carbocycles. The van der Waals surface area contributed by atoms with E-state index in [1.807, 2.05) is 30.3 Å². The molecule has 2 aromatic rings. The second-order valence-electron chi connectivity index (χ2n) is 9.15. The molecular formula is C25H31N5O2. The summed E-state index contributed by atoms with van der Waals surface area (Å²) in [6, 6.07) is 13.9. The van der Waals surface area contributed by atoms with E-state index in [1.54, 1.807) is 0 Å². The van der Waals surface area contributed by atoms with Crippen molar-refractivity contribution in [3.05, 3.63) is 59.2 Å². The highest BCUT2D eigenvalue weighted by Crippen LogP contribution is 2.26. The van der Waals surface area contributed by atoms with Gasteiger partial charge in [0.15, 0.2) is 0 Å². The molecule has 2 fully saturated rings. The highest BCUT2D eigenvalue weighted by atomic mass is 16.2. The third-order valence-electron chi connectivity index (χ3n) is 7.16. The van der Waals surface area contributed by atoms with Crippen molar-refractivity contribution in [2.75, 3.05) is 55.6 Å². The van der Waals surface area contributed by atoms with Gasteiger partial charge in [0.05, 0.1) is 0 Å². The second kappa shape index (κ2) is 8.82. The Hall–Kier alpha value is -3.06. The third-order valence-corrected chi connectivity index (χ3v) is 7.16. The third kappa shape index (κ3) is 4.30. The number of benzene rings is 2. The lowest BCUT2D eigenvalue weighted by Crippen LogP contribution is -2.49. The number of piperidine rings is 1. The lowest BCUT2D eigenvalue weighted by atomic mass is 9.95. The van der Waals surface area contributed by atoms with Crippen LogP contribution in [-0.4, -0.2) is 62.5 Å². The van der Waals surface area contributed by atoms with Crippen molar-refractivity contribution in [2.24, 2.45) is 11.7 Å². The summed E-state index contributed by atoms with van der Waals surface area (Å²) in [5.74, 6) is 0.406. The maximum Gasteiger partial charge on any atom is 0.251 e. The molecule has 7 nitrogen and oxygen atoms in total. The first-order chi connectivity index (χ1) is 15.6. The van der Waals surface area contributed by atoms with Gasteiger partial charge in [0.25, 0.3) is 5.91 Å². The first-order valence-electron chi connectivity index (χ1n) is 11.6. The minimum absolute atomic E-state index is 0.0464. The maximum absolute atomic E-state index is 11.8. The Kier molecular flexibility index (Phi) is 5.74. The molecule has 2 aromatic carbocycles. The van der Waals surface area contributed by atoms with Gasteiger partial charge >= 0.3 is 0 Å². The lowest BCUT2D eigenvalue weighted by Gasteiger charge is -2.40. The fraction of sp³-hybridized carbons (Fsp3) is 0.440. The topological polar surface area (TPSA) is 81.9 Å². The summed E-state index contributed by atoms with van der Waals surface area (Å²) in [6.45, 7) is 8.17. The largest absolute Gasteiger partial charge is 0.372 e. The van der Waals surface area contributed by atoms with Crippen LogP contribution in [0.3, 0.4) is 0 Å². The van der Waals surface area contributed by atoms with Gasteiger partial charge in [-0.25, -0.2) is 0 Å². The minimum atomic E-state index is -0.376. The van der Waals surface area contributed by atoms with E-state index in [4.69, 9.17) is 5.73 Å². The van der Waals surface area contributed by atoms with E-state index in [1.165, 1.54) is 30.8 Å². The molecule has 0 spiro atoms. The summed E-state index contributed by atoms with van der Waals surface area (Å²) < 4.78 is 0. The number of rotatable bonds is 5. The van der Waals surface area contributed by atoms with Crippen LogP contribution >= 0.6 is 0 Å². The average molecular weight is 434 g/mol. The van der Waals surface area contributed by atoms with Crippen molar-refractivity contribution in [2.45, 2.75) is 19.4 Å². The highest BCUT2D eigenvalue weighted by Gasteiger charge is 2.25. The van der Waals surface area contributed by atoms with Gasteiger partial charge in [-0.3, -0.25) is 14.5 Å². The zero-order chi connectivity index (χ0) is 22.1. The van der Waals surface area contributed by atoms with E-state index < -0.39 is 0 Å². The van der Waals surface area contributed by atoms with Crippen LogP contribution in [0.5, 0.6) is 0 Å². The number of piperazine rings is 1. The number of carbonyl (C=O) groups excluding carboxylic acids is 2. The van der Waals surface area contributed by atoms with Gasteiger partial charge in [0.1, 0.15) is 0 Å². The average Bonchev–Trinajstić information content (AvgIpc) is 3.20. The van der Waals surface area contributed by atoms with Crippen LogP contribution in [0.1, 0.15) is 39.1 Å². The molecule has 0 unspecified atom stereocenters. The molecule has 3 heterocycles. The molecule has 0 radical (unpaired) electrons. The zero-order valence-electron chi connectivity index (χ0n) is 18.4. The monoisotopic (exact) mass is 433 g/mol. The van der Waals surface area contributed by atoms with Crippen LogP contribution in [0.2, 0.25) is 0 Å². The molecule has 0 bridgehead atoms. The molecule has 2 saturated heterocycles. The van der Waals surface area contributed by atoms with E-state index in [-0.39, 0.29) is 11.8 Å². The molecule has 32 heavy (non-hydrogen) atoms. The number of hydrogen-bond donors (Lipinski definition) is 2. The van der Waals surface area contributed by atoms with Crippen LogP contribution in [-0.2, 0) is 6.54 Å². The maximum atomic E-state index is 11.8. The number of carbonyl (C=O) groups is 2. The summed E-state index contributed by atoms with van der Waals surface area (Å²) in [4.78, 5) is 30.5. The Morgan fingerprint density at radius 3 is 2.25 bits per heavy atom. The summed E-state index contributed by atoms with van der Waals surface area (Å²) in [5, 5.41) is 2.90. The van der Waals surface area contributed by atoms with Gasteiger partial charge in [0.2, 0.25) is 5.91 Å². The van der Waals surface area contributed by atoms with Crippen LogP contribution in [0, 0.1) is 5.92 Å². The summed E-state index contributed by atoms with van der Waals surface area (Å²) >= 11 is 0. The van der Waals surface area contributed by atoms with Gasteiger partial charge in [0, 0.05) is 74.9 Å². The quantitative estimate of drug-likeness (QED) is 0.755. The fourth-order valence-corrected chi connectivity index (χ4v) is 5.18. The molecule has 168 valence electrons. The highest BCUT2D eigenvalue weighted by molar-refractivity contribution is 5.98. The molecule has 5 rings (SSSR count). The predicted octanol–water partition coefficient (Wildman–Crippen LogP) is 2.07. The Bertz CT molecular complexity index is 990. The standard InChI is InChI=1S/C25H31N5O2/c26-24(31)19-1-3-21(4-2-19)29-9-7-18(8-10-29)17-28-11-13-30(14-12-28)22-5-6-23-20(15-22)16-27-25(23)32/h1-6,15,18H,7-14,16-17H2,(H2,26,31)(H,27,32). The van der Waals surface area contributed by atoms with E-state index in [0.29, 0.717) is 12.1 Å². The number of anilines is 2. The van der Waals surface area contributed by atoms with Crippen molar-refractivity contribution in [3.63, 3.8) is 0 Å². The number of amides is 2. The molecule has 7 heteroatoms. The Balaban J connectivity index is 1.09. The fourth-order valence-electron chi connectivity index (χ4n) is 5.18. The molecule has 0 saturated carbocycles. The first-order valence-corrected chi connectivity index (χ1v) is 11.6. The van der Waals surface area contributed by atoms with E-state index in [9.17, 15) is 9.59 Å². The number of fused-ring (bicyclic) bond motifs is 1. The van der Waals surface area contributed by atoms with Crippen molar-refractivity contribution in [3.8, 4) is 0 Å². The van der Waals surface area contributed by atoms with Crippen molar-refractivity contribution in [1.29, 1.82) is 0 Å². The second-order valence-corrected chi connectivity index (χ2v) is 9.15. The molecular weight excluding hydrogens is 402 g/mol. The Morgan fingerprint density at radius 1 is 0.906 bits per heavy atom. The van der Waals surface area contributed by atoms with Crippen molar-refractivity contribution < 1.29 is 9.59 Å². The van der Waals surface area contributed by atoms with E-state index in [2.05, 4.69) is 32.1 Å². The van der Waals surface area contributed by atoms with Gasteiger partial charge in [-0.2, -0.15) is 0 Å². The number of primary amides is 1. The molecule has 3 aliphatic rings. The zero-order valence-corrected chi connectivity index (χ0v) is 18.4. The first kappa shape index (κ1) is 20.8. The summed E-state index contributed by atoms with van der Waals surface area (Å²) in [7, 11) is 0. The summed E-state index contributed by atoms with van der Waals surface area (Å²) in [5.41, 5.74) is 10.3. The summed E-state index contributed by atoms with van der Waals surface area (Å²) in [6.07, 6.45) is 2.40. The lowest BCUT2D eigenvalue weighted by molar-refractivity contribution is 0.0964. The number of nitrogens with zero attached hydrogens (tertiary/aromatic N) is 3. The molecule has 0 aromatic heterocycles. The van der Waals surface area contributed by atoms with Gasteiger partial charge in [-0.05, 0) is 66.8 Å². The number of hydrogen-bond acceptors (Lipinski definition) is 5. The van der Waals surface area contributed by atoms with Gasteiger partial charge in [-0.15, -0.1) is 0 Å². The SMILES string of the molecule is NC(=O)c1ccc(N2CCC(CN3CCN(c4ccc5c(c4)CNC5=O)CC3)CC2)cc1. The van der Waals surface area contributed by atoms with Crippen LogP contribution in [0.25, 0.3) is 0 Å². The predicted molar refractivity (Wildman–Crippen MR) is 126 cm³/mol. The number of nitrogens with two attached hydrogens (primary N) is 1. The van der Waals surface area contributed by atoms with Crippen molar-refractivity contribution >= 4 is 23.2 Å². The minimum Gasteiger partial charge on any atom is -0.372 e. The molecule has 3 N–H and O–H groups in total. The van der Waals surface area contributed by atoms with E-state index in [0.717, 1.165) is 56.3 Å². The molecule has 0 atom stereocenters. The van der Waals surface area contributed by atoms with Crippen LogP contribution < -0.4 is 20.9 Å². The smallest absolute Gasteiger partial charge is 0.251 e. The molecule has 3 aliphatic heterocycles. The van der Waals surface area contributed by atoms with Crippen molar-refractivity contribution in [1.82, 2.24) is 10.2 Å². The number of nitrogens with one attached hydrogen (secondary N) is 1. The van der Waals surface area contributed by atoms with Gasteiger partial charge in [-0.1, -0.05) is 0 Å².